The van der Waals surface area contributed by atoms with E-state index in [0.717, 1.165) is 30.3 Å². The number of anilines is 1. The molecule has 1 unspecified atom stereocenters. The van der Waals surface area contributed by atoms with Gasteiger partial charge in [-0.2, -0.15) is 0 Å². The summed E-state index contributed by atoms with van der Waals surface area (Å²) in [5.41, 5.74) is -0.0507. The highest BCUT2D eigenvalue weighted by Crippen LogP contribution is 2.30. The fourth-order valence-electron chi connectivity index (χ4n) is 2.31. The van der Waals surface area contributed by atoms with Gasteiger partial charge in [-0.05, 0) is 44.0 Å². The molecular weight excluding hydrogens is 332 g/mol. The van der Waals surface area contributed by atoms with Gasteiger partial charge in [-0.25, -0.2) is 0 Å². The number of phenolic OH excluding ortho intramolecular Hbond substituents is 1. The van der Waals surface area contributed by atoms with E-state index >= 15 is 0 Å². The minimum atomic E-state index is -0.491. The highest BCUT2D eigenvalue weighted by Gasteiger charge is 2.39. The predicted octanol–water partition coefficient (Wildman–Crippen LogP) is 3.05. The highest BCUT2D eigenvalue weighted by atomic mass is 79.9. The molecule has 1 amide bonds. The van der Waals surface area contributed by atoms with Gasteiger partial charge in [-0.1, -0.05) is 22.9 Å². The summed E-state index contributed by atoms with van der Waals surface area (Å²) >= 11 is 3.32. The first kappa shape index (κ1) is 16.3. The number of nitrogens with one attached hydrogen (secondary N) is 2. The number of hydrogen-bond donors (Lipinski definition) is 3. The van der Waals surface area contributed by atoms with Crippen molar-refractivity contribution < 1.29 is 9.90 Å². The summed E-state index contributed by atoms with van der Waals surface area (Å²) in [6, 6.07) is 4.99. The van der Waals surface area contributed by atoms with Gasteiger partial charge in [0.2, 0.25) is 5.91 Å². The normalized spacial score (nSPS) is 21.8. The average Bonchev–Trinajstić information content (AvgIpc) is 2.84. The molecule has 3 N–H and O–H groups in total. The molecule has 0 aromatic heterocycles. The molecule has 1 fully saturated rings. The monoisotopic (exact) mass is 348 g/mol. The number of benzene rings is 1. The minimum Gasteiger partial charge on any atom is -0.506 e. The number of halogens is 2. The van der Waals surface area contributed by atoms with Crippen LogP contribution < -0.4 is 10.6 Å². The van der Waals surface area contributed by atoms with E-state index in [1.165, 1.54) is 0 Å². The number of phenols is 1. The van der Waals surface area contributed by atoms with Crippen LogP contribution in [0.4, 0.5) is 5.69 Å². The lowest BCUT2D eigenvalue weighted by Gasteiger charge is -2.26. The molecule has 1 aromatic rings. The standard InChI is InChI=1S/C13H17BrN2O2.ClH/c1-2-13(6-3-7-15-13)12(18)16-10-8-9(14)4-5-11(10)17;/h4-5,8,15,17H,2-3,6-7H2,1H3,(H,16,18);1H. The van der Waals surface area contributed by atoms with Crippen LogP contribution in [0, 0.1) is 0 Å². The van der Waals surface area contributed by atoms with Crippen LogP contribution in [0.25, 0.3) is 0 Å². The van der Waals surface area contributed by atoms with E-state index in [2.05, 4.69) is 26.6 Å². The maximum absolute atomic E-state index is 12.3. The van der Waals surface area contributed by atoms with Gasteiger partial charge in [0.15, 0.2) is 0 Å². The smallest absolute Gasteiger partial charge is 0.244 e. The van der Waals surface area contributed by atoms with Gasteiger partial charge in [0.1, 0.15) is 5.75 Å². The maximum atomic E-state index is 12.3. The molecule has 0 saturated carbocycles. The van der Waals surface area contributed by atoms with Crippen LogP contribution in [-0.2, 0) is 4.79 Å². The molecule has 1 aliphatic heterocycles. The molecule has 0 radical (unpaired) electrons. The summed E-state index contributed by atoms with van der Waals surface area (Å²) in [6.07, 6.45) is 2.59. The zero-order chi connectivity index (χ0) is 13.2. The topological polar surface area (TPSA) is 61.4 Å². The summed E-state index contributed by atoms with van der Waals surface area (Å²) in [4.78, 5) is 12.3. The predicted molar refractivity (Wildman–Crippen MR) is 81.9 cm³/mol. The van der Waals surface area contributed by atoms with Crippen LogP contribution in [0.3, 0.4) is 0 Å². The van der Waals surface area contributed by atoms with E-state index in [1.807, 2.05) is 6.92 Å². The molecule has 0 bridgehead atoms. The second kappa shape index (κ2) is 6.59. The Morgan fingerprint density at radius 2 is 2.32 bits per heavy atom. The van der Waals surface area contributed by atoms with Gasteiger partial charge < -0.3 is 15.7 Å². The Kier molecular flexibility index (Phi) is 5.64. The molecule has 1 atom stereocenters. The van der Waals surface area contributed by atoms with Crippen LogP contribution in [0.5, 0.6) is 5.75 Å². The number of rotatable bonds is 3. The Morgan fingerprint density at radius 3 is 2.89 bits per heavy atom. The zero-order valence-corrected chi connectivity index (χ0v) is 13.1. The number of carbonyl (C=O) groups is 1. The molecule has 4 nitrogen and oxygen atoms in total. The molecule has 2 rings (SSSR count). The average molecular weight is 350 g/mol. The quantitative estimate of drug-likeness (QED) is 0.735. The summed E-state index contributed by atoms with van der Waals surface area (Å²) in [5.74, 6) is 0.00620. The zero-order valence-electron chi connectivity index (χ0n) is 10.7. The number of hydrogen-bond acceptors (Lipinski definition) is 3. The van der Waals surface area contributed by atoms with Gasteiger partial charge in [0.25, 0.3) is 0 Å². The van der Waals surface area contributed by atoms with E-state index in [0.29, 0.717) is 5.69 Å². The van der Waals surface area contributed by atoms with Crippen molar-refractivity contribution in [1.29, 1.82) is 0 Å². The van der Waals surface area contributed by atoms with Crippen molar-refractivity contribution in [2.24, 2.45) is 0 Å². The third kappa shape index (κ3) is 3.41. The fourth-order valence-corrected chi connectivity index (χ4v) is 2.67. The molecule has 1 heterocycles. The summed E-state index contributed by atoms with van der Waals surface area (Å²) in [7, 11) is 0. The van der Waals surface area contributed by atoms with Crippen LogP contribution in [-0.4, -0.2) is 23.1 Å². The third-order valence-corrected chi connectivity index (χ3v) is 3.98. The summed E-state index contributed by atoms with van der Waals surface area (Å²) in [5, 5.41) is 15.8. The van der Waals surface area contributed by atoms with Crippen molar-refractivity contribution >= 4 is 39.9 Å². The first-order valence-electron chi connectivity index (χ1n) is 6.12. The van der Waals surface area contributed by atoms with Gasteiger partial charge in [-0.3, -0.25) is 4.79 Å². The lowest BCUT2D eigenvalue weighted by atomic mass is 9.93. The number of aromatic hydroxyl groups is 1. The molecule has 6 heteroatoms. The second-order valence-electron chi connectivity index (χ2n) is 4.58. The van der Waals surface area contributed by atoms with Crippen molar-refractivity contribution in [1.82, 2.24) is 5.32 Å². The molecule has 106 valence electrons. The van der Waals surface area contributed by atoms with E-state index in [9.17, 15) is 9.90 Å². The van der Waals surface area contributed by atoms with E-state index < -0.39 is 5.54 Å². The van der Waals surface area contributed by atoms with Gasteiger partial charge in [0.05, 0.1) is 11.2 Å². The first-order chi connectivity index (χ1) is 8.57. The Balaban J connectivity index is 0.00000180. The van der Waals surface area contributed by atoms with Crippen LogP contribution >= 0.6 is 28.3 Å². The van der Waals surface area contributed by atoms with E-state index in [-0.39, 0.29) is 24.1 Å². The van der Waals surface area contributed by atoms with Crippen molar-refractivity contribution in [2.45, 2.75) is 31.7 Å². The molecule has 1 aliphatic rings. The second-order valence-corrected chi connectivity index (χ2v) is 5.50. The first-order valence-corrected chi connectivity index (χ1v) is 6.92. The third-order valence-electron chi connectivity index (χ3n) is 3.49. The molecule has 0 aliphatic carbocycles. The van der Waals surface area contributed by atoms with Crippen LogP contribution in [0.1, 0.15) is 26.2 Å². The van der Waals surface area contributed by atoms with Gasteiger partial charge >= 0.3 is 0 Å². The summed E-state index contributed by atoms with van der Waals surface area (Å²) < 4.78 is 0.820. The van der Waals surface area contributed by atoms with Crippen molar-refractivity contribution in [3.05, 3.63) is 22.7 Å². The minimum absolute atomic E-state index is 0. The lowest BCUT2D eigenvalue weighted by molar-refractivity contribution is -0.122. The fraction of sp³-hybridized carbons (Fsp3) is 0.462. The number of amides is 1. The summed E-state index contributed by atoms with van der Waals surface area (Å²) in [6.45, 7) is 2.87. The van der Waals surface area contributed by atoms with E-state index in [1.54, 1.807) is 18.2 Å². The van der Waals surface area contributed by atoms with Crippen LogP contribution in [0.2, 0.25) is 0 Å². The molecular formula is C13H18BrClN2O2. The Morgan fingerprint density at radius 1 is 1.58 bits per heavy atom. The Labute approximate surface area is 127 Å². The van der Waals surface area contributed by atoms with E-state index in [4.69, 9.17) is 0 Å². The SMILES string of the molecule is CCC1(C(=O)Nc2cc(Br)ccc2O)CCCN1.Cl. The largest absolute Gasteiger partial charge is 0.506 e. The molecule has 1 aromatic carbocycles. The molecule has 0 spiro atoms. The van der Waals surface area contributed by atoms with Crippen molar-refractivity contribution in [2.75, 3.05) is 11.9 Å². The lowest BCUT2D eigenvalue weighted by Crippen LogP contribution is -2.50. The van der Waals surface area contributed by atoms with Gasteiger partial charge in [-0.15, -0.1) is 12.4 Å². The highest BCUT2D eigenvalue weighted by molar-refractivity contribution is 9.10. The number of carbonyl (C=O) groups excluding carboxylic acids is 1. The van der Waals surface area contributed by atoms with Crippen molar-refractivity contribution in [3.63, 3.8) is 0 Å². The molecule has 1 saturated heterocycles. The van der Waals surface area contributed by atoms with Crippen molar-refractivity contribution in [3.8, 4) is 5.75 Å². The maximum Gasteiger partial charge on any atom is 0.244 e. The van der Waals surface area contributed by atoms with Crippen LogP contribution in [0.15, 0.2) is 22.7 Å². The molecule has 19 heavy (non-hydrogen) atoms. The Bertz CT molecular complexity index is 462. The van der Waals surface area contributed by atoms with Gasteiger partial charge in [0, 0.05) is 4.47 Å². The Hall–Kier alpha value is -0.780.